The second-order valence-electron chi connectivity index (χ2n) is 7.22. The Morgan fingerprint density at radius 2 is 1.83 bits per heavy atom. The molecule has 0 saturated heterocycles. The number of nitrogens with zero attached hydrogens (tertiary/aromatic N) is 1. The average Bonchev–Trinajstić information content (AvgIpc) is 2.75. The largest absolute Gasteiger partial charge is 0.493 e. The van der Waals surface area contributed by atoms with E-state index in [0.717, 1.165) is 36.8 Å². The molecule has 1 N–H and O–H groups in total. The Morgan fingerprint density at radius 1 is 1.07 bits per heavy atom. The number of pyridine rings is 1. The molecule has 1 saturated carbocycles. The predicted octanol–water partition coefficient (Wildman–Crippen LogP) is 3.93. The van der Waals surface area contributed by atoms with Gasteiger partial charge in [0.05, 0.1) is 14.2 Å². The third kappa shape index (κ3) is 5.98. The van der Waals surface area contributed by atoms with Gasteiger partial charge in [0.1, 0.15) is 6.10 Å². The highest BCUT2D eigenvalue weighted by molar-refractivity contribution is 5.92. The monoisotopic (exact) mass is 396 g/mol. The van der Waals surface area contributed by atoms with Crippen LogP contribution in [0, 0.1) is 6.92 Å². The highest BCUT2D eigenvalue weighted by atomic mass is 16.5. The Morgan fingerprint density at radius 3 is 2.48 bits per heavy atom. The summed E-state index contributed by atoms with van der Waals surface area (Å²) in [5, 5.41) is 3.08. The number of carbonyl (C=O) groups excluding carboxylic acids is 1. The molecular formula is C23H28N2O4. The number of rotatable bonds is 7. The normalized spacial score (nSPS) is 19.0. The van der Waals surface area contributed by atoms with Crippen LogP contribution in [0.4, 0.5) is 0 Å². The van der Waals surface area contributed by atoms with E-state index in [9.17, 15) is 4.79 Å². The van der Waals surface area contributed by atoms with Crippen LogP contribution < -0.4 is 19.5 Å². The van der Waals surface area contributed by atoms with Crippen molar-refractivity contribution in [1.29, 1.82) is 0 Å². The summed E-state index contributed by atoms with van der Waals surface area (Å²) in [4.78, 5) is 16.6. The summed E-state index contributed by atoms with van der Waals surface area (Å²) < 4.78 is 16.5. The average molecular weight is 396 g/mol. The van der Waals surface area contributed by atoms with Crippen LogP contribution in [0.25, 0.3) is 6.08 Å². The summed E-state index contributed by atoms with van der Waals surface area (Å²) in [6, 6.07) is 9.61. The first-order valence-electron chi connectivity index (χ1n) is 9.87. The molecule has 3 rings (SSSR count). The fourth-order valence-electron chi connectivity index (χ4n) is 3.40. The van der Waals surface area contributed by atoms with E-state index in [1.54, 1.807) is 26.4 Å². The zero-order valence-corrected chi connectivity index (χ0v) is 17.2. The van der Waals surface area contributed by atoms with Gasteiger partial charge in [0.2, 0.25) is 11.8 Å². The first-order valence-corrected chi connectivity index (χ1v) is 9.87. The van der Waals surface area contributed by atoms with Crippen LogP contribution in [-0.4, -0.2) is 37.3 Å². The van der Waals surface area contributed by atoms with Crippen LogP contribution in [0.3, 0.4) is 0 Å². The van der Waals surface area contributed by atoms with Crippen molar-refractivity contribution < 1.29 is 19.0 Å². The van der Waals surface area contributed by atoms with Crippen molar-refractivity contribution in [3.63, 3.8) is 0 Å². The number of ether oxygens (including phenoxy) is 3. The van der Waals surface area contributed by atoms with Gasteiger partial charge in [-0.15, -0.1) is 0 Å². The number of methoxy groups -OCH3 is 2. The van der Waals surface area contributed by atoms with Crippen molar-refractivity contribution >= 4 is 12.0 Å². The van der Waals surface area contributed by atoms with E-state index >= 15 is 0 Å². The van der Waals surface area contributed by atoms with Gasteiger partial charge in [0, 0.05) is 24.4 Å². The zero-order chi connectivity index (χ0) is 20.6. The molecule has 0 aliphatic heterocycles. The van der Waals surface area contributed by atoms with Crippen LogP contribution in [0.1, 0.15) is 36.8 Å². The fourth-order valence-corrected chi connectivity index (χ4v) is 3.40. The molecule has 1 aromatic heterocycles. The number of aryl methyl sites for hydroxylation is 1. The maximum Gasteiger partial charge on any atom is 0.244 e. The SMILES string of the molecule is COc1ccc(/C=C/C(=O)NC2CCC(Oc3ccc(C)cn3)CC2)cc1OC. The number of carbonyl (C=O) groups is 1. The van der Waals surface area contributed by atoms with Crippen LogP contribution in [0.2, 0.25) is 0 Å². The summed E-state index contributed by atoms with van der Waals surface area (Å²) in [6.07, 6.45) is 8.89. The second kappa shape index (κ2) is 9.96. The summed E-state index contributed by atoms with van der Waals surface area (Å²) in [7, 11) is 3.19. The minimum atomic E-state index is -0.0932. The summed E-state index contributed by atoms with van der Waals surface area (Å²) >= 11 is 0. The molecule has 1 aliphatic carbocycles. The number of aromatic nitrogens is 1. The summed E-state index contributed by atoms with van der Waals surface area (Å²) in [5.74, 6) is 1.87. The van der Waals surface area contributed by atoms with Crippen molar-refractivity contribution in [2.24, 2.45) is 0 Å². The lowest BCUT2D eigenvalue weighted by atomic mass is 9.93. The zero-order valence-electron chi connectivity index (χ0n) is 17.2. The van der Waals surface area contributed by atoms with Gasteiger partial charge in [-0.05, 0) is 61.9 Å². The molecule has 1 amide bonds. The van der Waals surface area contributed by atoms with E-state index < -0.39 is 0 Å². The van der Waals surface area contributed by atoms with Crippen molar-refractivity contribution in [1.82, 2.24) is 10.3 Å². The minimum absolute atomic E-state index is 0.0932. The van der Waals surface area contributed by atoms with E-state index in [2.05, 4.69) is 10.3 Å². The maximum atomic E-state index is 12.3. The lowest BCUT2D eigenvalue weighted by Crippen LogP contribution is -2.39. The lowest BCUT2D eigenvalue weighted by Gasteiger charge is -2.28. The van der Waals surface area contributed by atoms with Crippen LogP contribution in [0.5, 0.6) is 17.4 Å². The van der Waals surface area contributed by atoms with E-state index in [1.165, 1.54) is 0 Å². The highest BCUT2D eigenvalue weighted by Gasteiger charge is 2.23. The molecule has 1 fully saturated rings. The van der Waals surface area contributed by atoms with E-state index in [0.29, 0.717) is 17.4 Å². The smallest absolute Gasteiger partial charge is 0.244 e. The molecule has 0 unspecified atom stereocenters. The van der Waals surface area contributed by atoms with Crippen molar-refractivity contribution in [2.75, 3.05) is 14.2 Å². The van der Waals surface area contributed by atoms with Crippen molar-refractivity contribution in [2.45, 2.75) is 44.8 Å². The topological polar surface area (TPSA) is 69.7 Å². The number of nitrogens with one attached hydrogen (secondary N) is 1. The van der Waals surface area contributed by atoms with Gasteiger partial charge >= 0.3 is 0 Å². The molecule has 0 radical (unpaired) electrons. The van der Waals surface area contributed by atoms with Crippen LogP contribution in [0.15, 0.2) is 42.6 Å². The van der Waals surface area contributed by atoms with Crippen molar-refractivity contribution in [3.8, 4) is 17.4 Å². The van der Waals surface area contributed by atoms with Crippen molar-refractivity contribution in [3.05, 3.63) is 53.7 Å². The standard InChI is InChI=1S/C23H28N2O4/c1-16-4-13-23(24-15-16)29-19-9-7-18(8-10-19)25-22(26)12-6-17-5-11-20(27-2)21(14-17)28-3/h4-6,11-15,18-19H,7-10H2,1-3H3,(H,25,26)/b12-6+. The highest BCUT2D eigenvalue weighted by Crippen LogP contribution is 2.28. The fraction of sp³-hybridized carbons (Fsp3) is 0.391. The number of amides is 1. The molecule has 0 atom stereocenters. The molecule has 1 aliphatic rings. The molecule has 6 heteroatoms. The van der Waals surface area contributed by atoms with Gasteiger partial charge in [-0.1, -0.05) is 12.1 Å². The van der Waals surface area contributed by atoms with Gasteiger partial charge in [0.15, 0.2) is 11.5 Å². The Bertz CT molecular complexity index is 840. The summed E-state index contributed by atoms with van der Waals surface area (Å²) in [5.41, 5.74) is 1.99. The lowest BCUT2D eigenvalue weighted by molar-refractivity contribution is -0.117. The quantitative estimate of drug-likeness (QED) is 0.718. The van der Waals surface area contributed by atoms with Gasteiger partial charge in [0.25, 0.3) is 0 Å². The first-order chi connectivity index (χ1) is 14.1. The van der Waals surface area contributed by atoms with Gasteiger partial charge in [-0.25, -0.2) is 4.98 Å². The molecule has 2 aromatic rings. The number of hydrogen-bond donors (Lipinski definition) is 1. The Hall–Kier alpha value is -3.02. The maximum absolute atomic E-state index is 12.3. The Balaban J connectivity index is 1.46. The molecule has 1 aromatic carbocycles. The minimum Gasteiger partial charge on any atom is -0.493 e. The van der Waals surface area contributed by atoms with E-state index in [1.807, 2.05) is 43.5 Å². The third-order valence-corrected chi connectivity index (χ3v) is 5.03. The number of hydrogen-bond acceptors (Lipinski definition) is 5. The molecule has 29 heavy (non-hydrogen) atoms. The van der Waals surface area contributed by atoms with E-state index in [4.69, 9.17) is 14.2 Å². The summed E-state index contributed by atoms with van der Waals surface area (Å²) in [6.45, 7) is 2.00. The molecular weight excluding hydrogens is 368 g/mol. The third-order valence-electron chi connectivity index (χ3n) is 5.03. The van der Waals surface area contributed by atoms with Crippen LogP contribution >= 0.6 is 0 Å². The number of benzene rings is 1. The Labute approximate surface area is 171 Å². The molecule has 0 bridgehead atoms. The van der Waals surface area contributed by atoms with Gasteiger partial charge in [-0.3, -0.25) is 4.79 Å². The molecule has 6 nitrogen and oxygen atoms in total. The van der Waals surface area contributed by atoms with Gasteiger partial charge in [-0.2, -0.15) is 0 Å². The van der Waals surface area contributed by atoms with Crippen LogP contribution in [-0.2, 0) is 4.79 Å². The Kier molecular flexibility index (Phi) is 7.11. The first kappa shape index (κ1) is 20.7. The van der Waals surface area contributed by atoms with Gasteiger partial charge < -0.3 is 19.5 Å². The molecule has 1 heterocycles. The second-order valence-corrected chi connectivity index (χ2v) is 7.22. The van der Waals surface area contributed by atoms with E-state index in [-0.39, 0.29) is 18.1 Å². The molecule has 0 spiro atoms. The molecule has 154 valence electrons. The predicted molar refractivity (Wildman–Crippen MR) is 112 cm³/mol.